The van der Waals surface area contributed by atoms with Crippen LogP contribution in [0.3, 0.4) is 0 Å². The maximum atomic E-state index is 11.7. The van der Waals surface area contributed by atoms with Crippen molar-refractivity contribution < 1.29 is 9.90 Å². The SMILES string of the molecule is Cc1cc(Cl)c2c(c1)sc(=O)n2CCC(=O)O. The molecule has 6 heteroatoms. The van der Waals surface area contributed by atoms with Crippen molar-refractivity contribution in [1.82, 2.24) is 4.57 Å². The molecule has 4 nitrogen and oxygen atoms in total. The second-order valence-corrected chi connectivity index (χ2v) is 5.16. The monoisotopic (exact) mass is 271 g/mol. The molecular weight excluding hydrogens is 262 g/mol. The van der Waals surface area contributed by atoms with Gasteiger partial charge in [0.05, 0.1) is 21.7 Å². The number of hydrogen-bond donors (Lipinski definition) is 1. The Bertz CT molecular complexity index is 644. The van der Waals surface area contributed by atoms with E-state index in [1.165, 1.54) is 4.57 Å². The molecule has 2 rings (SSSR count). The first-order valence-corrected chi connectivity index (χ1v) is 6.20. The highest BCUT2D eigenvalue weighted by atomic mass is 35.5. The first-order chi connectivity index (χ1) is 7.99. The van der Waals surface area contributed by atoms with Gasteiger partial charge in [0, 0.05) is 6.54 Å². The predicted octanol–water partition coefficient (Wildman–Crippen LogP) is 2.50. The van der Waals surface area contributed by atoms with Crippen LogP contribution >= 0.6 is 22.9 Å². The molecule has 1 aromatic carbocycles. The van der Waals surface area contributed by atoms with E-state index in [1.54, 1.807) is 6.07 Å². The van der Waals surface area contributed by atoms with E-state index in [2.05, 4.69) is 0 Å². The van der Waals surface area contributed by atoms with E-state index in [1.807, 2.05) is 13.0 Å². The fraction of sp³-hybridized carbons (Fsp3) is 0.273. The molecule has 0 amide bonds. The lowest BCUT2D eigenvalue weighted by Crippen LogP contribution is -2.15. The Hall–Kier alpha value is -1.33. The highest BCUT2D eigenvalue weighted by Crippen LogP contribution is 2.27. The van der Waals surface area contributed by atoms with E-state index in [9.17, 15) is 9.59 Å². The second-order valence-electron chi connectivity index (χ2n) is 3.76. The van der Waals surface area contributed by atoms with Gasteiger partial charge in [0.2, 0.25) is 0 Å². The summed E-state index contributed by atoms with van der Waals surface area (Å²) in [5.74, 6) is -0.931. The average molecular weight is 272 g/mol. The molecule has 0 atom stereocenters. The van der Waals surface area contributed by atoms with Crippen molar-refractivity contribution in [3.8, 4) is 0 Å². The van der Waals surface area contributed by atoms with Crippen molar-refractivity contribution in [2.75, 3.05) is 0 Å². The number of fused-ring (bicyclic) bond motifs is 1. The minimum Gasteiger partial charge on any atom is -0.481 e. The number of thiazole rings is 1. The maximum Gasteiger partial charge on any atom is 0.308 e. The van der Waals surface area contributed by atoms with E-state index in [0.29, 0.717) is 10.5 Å². The summed E-state index contributed by atoms with van der Waals surface area (Å²) in [6.07, 6.45) is -0.0874. The van der Waals surface area contributed by atoms with Crippen LogP contribution in [0.2, 0.25) is 5.02 Å². The third kappa shape index (κ3) is 2.35. The van der Waals surface area contributed by atoms with Gasteiger partial charge in [0.15, 0.2) is 0 Å². The van der Waals surface area contributed by atoms with Crippen molar-refractivity contribution in [2.24, 2.45) is 0 Å². The fourth-order valence-corrected chi connectivity index (χ4v) is 3.17. The number of benzene rings is 1. The van der Waals surface area contributed by atoms with E-state index >= 15 is 0 Å². The van der Waals surface area contributed by atoms with Crippen molar-refractivity contribution in [1.29, 1.82) is 0 Å². The normalized spacial score (nSPS) is 10.9. The Balaban J connectivity index is 2.58. The zero-order valence-corrected chi connectivity index (χ0v) is 10.6. The number of aryl methyl sites for hydroxylation is 2. The summed E-state index contributed by atoms with van der Waals surface area (Å²) in [5.41, 5.74) is 1.61. The van der Waals surface area contributed by atoms with Crippen LogP contribution in [0.4, 0.5) is 0 Å². The number of carbonyl (C=O) groups is 1. The summed E-state index contributed by atoms with van der Waals surface area (Å²) in [4.78, 5) is 22.1. The second kappa shape index (κ2) is 4.50. The van der Waals surface area contributed by atoms with Crippen LogP contribution in [0.5, 0.6) is 0 Å². The van der Waals surface area contributed by atoms with Gasteiger partial charge in [0.1, 0.15) is 0 Å². The predicted molar refractivity (Wildman–Crippen MR) is 68.1 cm³/mol. The van der Waals surface area contributed by atoms with Gasteiger partial charge in [-0.05, 0) is 24.6 Å². The van der Waals surface area contributed by atoms with Crippen LogP contribution in [-0.4, -0.2) is 15.6 Å². The molecule has 0 saturated heterocycles. The molecule has 90 valence electrons. The minimum atomic E-state index is -0.931. The Morgan fingerprint density at radius 2 is 2.24 bits per heavy atom. The average Bonchev–Trinajstić information content (AvgIpc) is 2.51. The Morgan fingerprint density at radius 1 is 1.53 bits per heavy atom. The van der Waals surface area contributed by atoms with Crippen molar-refractivity contribution in [3.05, 3.63) is 32.4 Å². The van der Waals surface area contributed by atoms with Gasteiger partial charge in [-0.3, -0.25) is 14.2 Å². The number of aliphatic carboxylic acids is 1. The van der Waals surface area contributed by atoms with Gasteiger partial charge < -0.3 is 5.11 Å². The van der Waals surface area contributed by atoms with Crippen LogP contribution in [0.25, 0.3) is 10.2 Å². The van der Waals surface area contributed by atoms with Gasteiger partial charge in [-0.1, -0.05) is 22.9 Å². The molecule has 0 bridgehead atoms. The third-order valence-electron chi connectivity index (χ3n) is 2.41. The molecule has 0 aliphatic heterocycles. The van der Waals surface area contributed by atoms with Gasteiger partial charge >= 0.3 is 10.8 Å². The Kier molecular flexibility index (Phi) is 3.22. The number of nitrogens with zero attached hydrogens (tertiary/aromatic N) is 1. The molecule has 17 heavy (non-hydrogen) atoms. The quantitative estimate of drug-likeness (QED) is 0.933. The molecule has 1 heterocycles. The number of aromatic nitrogens is 1. The highest BCUT2D eigenvalue weighted by Gasteiger charge is 2.12. The van der Waals surface area contributed by atoms with Crippen LogP contribution in [0, 0.1) is 6.92 Å². The molecule has 0 saturated carbocycles. The van der Waals surface area contributed by atoms with E-state index in [4.69, 9.17) is 16.7 Å². The molecule has 0 aliphatic carbocycles. The molecule has 0 unspecified atom stereocenters. The lowest BCUT2D eigenvalue weighted by Gasteiger charge is -2.03. The highest BCUT2D eigenvalue weighted by molar-refractivity contribution is 7.16. The molecule has 0 fully saturated rings. The number of carboxylic acids is 1. The summed E-state index contributed by atoms with van der Waals surface area (Å²) in [6.45, 7) is 2.05. The zero-order valence-electron chi connectivity index (χ0n) is 9.07. The van der Waals surface area contributed by atoms with Crippen LogP contribution in [0.15, 0.2) is 16.9 Å². The summed E-state index contributed by atoms with van der Waals surface area (Å²) in [6, 6.07) is 3.65. The van der Waals surface area contributed by atoms with Gasteiger partial charge in [0.25, 0.3) is 0 Å². The molecule has 0 aliphatic rings. The van der Waals surface area contributed by atoms with E-state index < -0.39 is 5.97 Å². The molecular formula is C11H10ClNO3S. The fourth-order valence-electron chi connectivity index (χ4n) is 1.69. The molecule has 0 radical (unpaired) electrons. The standard InChI is InChI=1S/C11H10ClNO3S/c1-6-4-7(12)10-8(5-6)17-11(16)13(10)3-2-9(14)15/h4-5H,2-3H2,1H3,(H,14,15). The zero-order chi connectivity index (χ0) is 12.6. The topological polar surface area (TPSA) is 59.3 Å². The largest absolute Gasteiger partial charge is 0.481 e. The summed E-state index contributed by atoms with van der Waals surface area (Å²) < 4.78 is 2.22. The first-order valence-electron chi connectivity index (χ1n) is 5.00. The van der Waals surface area contributed by atoms with Crippen molar-refractivity contribution >= 4 is 39.1 Å². The van der Waals surface area contributed by atoms with Gasteiger partial charge in [-0.2, -0.15) is 0 Å². The van der Waals surface area contributed by atoms with Gasteiger partial charge in [-0.15, -0.1) is 0 Å². The van der Waals surface area contributed by atoms with Crippen molar-refractivity contribution in [3.63, 3.8) is 0 Å². The Morgan fingerprint density at radius 3 is 2.88 bits per heavy atom. The van der Waals surface area contributed by atoms with Crippen LogP contribution in [-0.2, 0) is 11.3 Å². The molecule has 0 spiro atoms. The minimum absolute atomic E-state index is 0.0874. The smallest absolute Gasteiger partial charge is 0.308 e. The van der Waals surface area contributed by atoms with Gasteiger partial charge in [-0.25, -0.2) is 0 Å². The summed E-state index contributed by atoms with van der Waals surface area (Å²) in [5, 5.41) is 9.13. The van der Waals surface area contributed by atoms with E-state index in [-0.39, 0.29) is 17.8 Å². The molecule has 1 N–H and O–H groups in total. The van der Waals surface area contributed by atoms with Crippen LogP contribution in [0.1, 0.15) is 12.0 Å². The molecule has 2 aromatic rings. The Labute approximate surface area is 106 Å². The third-order valence-corrected chi connectivity index (χ3v) is 3.62. The number of hydrogen-bond acceptors (Lipinski definition) is 3. The number of rotatable bonds is 3. The lowest BCUT2D eigenvalue weighted by atomic mass is 10.2. The lowest BCUT2D eigenvalue weighted by molar-refractivity contribution is -0.137. The number of halogens is 1. The van der Waals surface area contributed by atoms with Crippen LogP contribution < -0.4 is 4.87 Å². The number of carboxylic acid groups (broad SMARTS) is 1. The van der Waals surface area contributed by atoms with Crippen molar-refractivity contribution in [2.45, 2.75) is 19.9 Å². The summed E-state index contributed by atoms with van der Waals surface area (Å²) >= 11 is 7.18. The molecule has 1 aromatic heterocycles. The first kappa shape index (κ1) is 12.1. The maximum absolute atomic E-state index is 11.7. The summed E-state index contributed by atoms with van der Waals surface area (Å²) in [7, 11) is 0. The van der Waals surface area contributed by atoms with E-state index in [0.717, 1.165) is 21.6 Å².